The second-order valence-corrected chi connectivity index (χ2v) is 3.54. The van der Waals surface area contributed by atoms with Crippen molar-refractivity contribution in [3.63, 3.8) is 0 Å². The van der Waals surface area contributed by atoms with Crippen molar-refractivity contribution in [3.8, 4) is 0 Å². The summed E-state index contributed by atoms with van der Waals surface area (Å²) in [7, 11) is 3.18. The molecule has 0 bridgehead atoms. The molecule has 1 aromatic rings. The largest absolute Gasteiger partial charge is 0.464 e. The van der Waals surface area contributed by atoms with Gasteiger partial charge in [0.1, 0.15) is 5.69 Å². The van der Waals surface area contributed by atoms with Crippen LogP contribution in [0, 0.1) is 0 Å². The first-order valence-electron chi connectivity index (χ1n) is 4.06. The fraction of sp³-hybridized carbons (Fsp3) is 0.333. The fourth-order valence-electron chi connectivity index (χ4n) is 1.02. The molecule has 1 rings (SSSR count). The number of rotatable bonds is 3. The topological polar surface area (TPSA) is 51.2 Å². The number of halogens is 1. The molecule has 0 unspecified atom stereocenters. The van der Waals surface area contributed by atoms with Crippen molar-refractivity contribution in [2.45, 2.75) is 6.54 Å². The van der Waals surface area contributed by atoms with Crippen LogP contribution in [0.1, 0.15) is 16.1 Å². The van der Waals surface area contributed by atoms with E-state index in [-0.39, 0.29) is 0 Å². The van der Waals surface area contributed by atoms with Crippen LogP contribution < -0.4 is 5.32 Å². The van der Waals surface area contributed by atoms with E-state index in [1.165, 1.54) is 7.11 Å². The molecule has 1 heterocycles. The number of pyridine rings is 1. The molecule has 1 N–H and O–H groups in total. The van der Waals surface area contributed by atoms with Gasteiger partial charge in [0.05, 0.1) is 7.11 Å². The van der Waals surface area contributed by atoms with Crippen molar-refractivity contribution in [1.82, 2.24) is 10.3 Å². The first kappa shape index (κ1) is 11.1. The molecule has 0 aliphatic rings. The van der Waals surface area contributed by atoms with Gasteiger partial charge in [0.25, 0.3) is 0 Å². The van der Waals surface area contributed by atoms with Gasteiger partial charge in [-0.3, -0.25) is 0 Å². The Hall–Kier alpha value is -0.940. The maximum absolute atomic E-state index is 11.2. The highest BCUT2D eigenvalue weighted by molar-refractivity contribution is 9.10. The van der Waals surface area contributed by atoms with E-state index < -0.39 is 5.97 Å². The van der Waals surface area contributed by atoms with Crippen LogP contribution in [0.25, 0.3) is 0 Å². The summed E-state index contributed by atoms with van der Waals surface area (Å²) in [5, 5.41) is 3.00. The molecule has 0 atom stereocenters. The summed E-state index contributed by atoms with van der Waals surface area (Å²) >= 11 is 3.35. The number of hydrogen-bond acceptors (Lipinski definition) is 4. The Morgan fingerprint density at radius 1 is 1.71 bits per heavy atom. The fourth-order valence-corrected chi connectivity index (χ4v) is 1.38. The number of carbonyl (C=O) groups is 1. The first-order chi connectivity index (χ1) is 6.69. The Morgan fingerprint density at radius 2 is 2.43 bits per heavy atom. The van der Waals surface area contributed by atoms with Crippen LogP contribution in [0.15, 0.2) is 16.7 Å². The molecule has 0 radical (unpaired) electrons. The monoisotopic (exact) mass is 258 g/mol. The van der Waals surface area contributed by atoms with Gasteiger partial charge in [-0.2, -0.15) is 0 Å². The third-order valence-electron chi connectivity index (χ3n) is 1.70. The molecule has 0 amide bonds. The van der Waals surface area contributed by atoms with Crippen molar-refractivity contribution in [1.29, 1.82) is 0 Å². The minimum atomic E-state index is -0.421. The number of hydrogen-bond donors (Lipinski definition) is 1. The third kappa shape index (κ3) is 2.52. The van der Waals surface area contributed by atoms with Crippen LogP contribution in [-0.2, 0) is 11.3 Å². The third-order valence-corrected chi connectivity index (χ3v) is 2.41. The van der Waals surface area contributed by atoms with Crippen LogP contribution in [0.3, 0.4) is 0 Å². The normalized spacial score (nSPS) is 9.93. The minimum absolute atomic E-state index is 0.320. The number of esters is 1. The molecule has 0 fully saturated rings. The first-order valence-corrected chi connectivity index (χ1v) is 4.85. The minimum Gasteiger partial charge on any atom is -0.464 e. The van der Waals surface area contributed by atoms with Gasteiger partial charge in [0.15, 0.2) is 0 Å². The molecule has 14 heavy (non-hydrogen) atoms. The highest BCUT2D eigenvalue weighted by atomic mass is 79.9. The zero-order valence-electron chi connectivity index (χ0n) is 8.00. The molecule has 0 spiro atoms. The van der Waals surface area contributed by atoms with Crippen molar-refractivity contribution in [2.75, 3.05) is 14.2 Å². The van der Waals surface area contributed by atoms with E-state index in [2.05, 4.69) is 31.0 Å². The summed E-state index contributed by atoms with van der Waals surface area (Å²) < 4.78 is 5.45. The van der Waals surface area contributed by atoms with Gasteiger partial charge in [-0.1, -0.05) is 0 Å². The molecular weight excluding hydrogens is 248 g/mol. The van der Waals surface area contributed by atoms with E-state index in [4.69, 9.17) is 0 Å². The lowest BCUT2D eigenvalue weighted by Gasteiger charge is -2.05. The van der Waals surface area contributed by atoms with Crippen LogP contribution in [0.2, 0.25) is 0 Å². The van der Waals surface area contributed by atoms with E-state index in [1.807, 2.05) is 7.05 Å². The van der Waals surface area contributed by atoms with Gasteiger partial charge in [0.2, 0.25) is 0 Å². The summed E-state index contributed by atoms with van der Waals surface area (Å²) in [5.74, 6) is -0.421. The molecule has 5 heteroatoms. The number of aromatic nitrogens is 1. The van der Waals surface area contributed by atoms with Crippen molar-refractivity contribution in [2.24, 2.45) is 0 Å². The summed E-state index contributed by atoms with van der Waals surface area (Å²) in [6, 6.07) is 1.70. The Bertz CT molecular complexity index is 342. The molecule has 0 saturated carbocycles. The molecule has 1 aromatic heterocycles. The maximum Gasteiger partial charge on any atom is 0.356 e. The SMILES string of the molecule is CNCc1cc(C(=O)OC)ncc1Br. The van der Waals surface area contributed by atoms with Crippen molar-refractivity contribution < 1.29 is 9.53 Å². The predicted molar refractivity (Wildman–Crippen MR) is 56.0 cm³/mol. The Balaban J connectivity index is 2.99. The smallest absolute Gasteiger partial charge is 0.356 e. The number of nitrogens with one attached hydrogen (secondary N) is 1. The lowest BCUT2D eigenvalue weighted by Crippen LogP contribution is -2.09. The van der Waals surface area contributed by atoms with E-state index in [0.717, 1.165) is 10.0 Å². The molecule has 0 aliphatic heterocycles. The summed E-state index contributed by atoms with van der Waals surface area (Å²) in [5.41, 5.74) is 1.30. The quantitative estimate of drug-likeness (QED) is 0.832. The highest BCUT2D eigenvalue weighted by Crippen LogP contribution is 2.16. The Labute approximate surface area is 90.8 Å². The number of nitrogens with zero attached hydrogens (tertiary/aromatic N) is 1. The maximum atomic E-state index is 11.2. The Kier molecular flexibility index (Phi) is 4.03. The van der Waals surface area contributed by atoms with Crippen molar-refractivity contribution >= 4 is 21.9 Å². The van der Waals surface area contributed by atoms with Gasteiger partial charge in [-0.15, -0.1) is 0 Å². The van der Waals surface area contributed by atoms with Gasteiger partial charge in [0, 0.05) is 17.2 Å². The van der Waals surface area contributed by atoms with Crippen LogP contribution in [0.5, 0.6) is 0 Å². The van der Waals surface area contributed by atoms with E-state index >= 15 is 0 Å². The molecular formula is C9H11BrN2O2. The summed E-state index contributed by atoms with van der Waals surface area (Å²) in [6.07, 6.45) is 1.60. The average molecular weight is 259 g/mol. The van der Waals surface area contributed by atoms with E-state index in [9.17, 15) is 4.79 Å². The second-order valence-electron chi connectivity index (χ2n) is 2.68. The molecule has 0 aliphatic carbocycles. The standard InChI is InChI=1S/C9H11BrN2O2/c1-11-4-6-3-8(9(13)14-2)12-5-7(6)10/h3,5,11H,4H2,1-2H3. The van der Waals surface area contributed by atoms with Gasteiger partial charge >= 0.3 is 5.97 Å². The van der Waals surface area contributed by atoms with Crippen LogP contribution in [0.4, 0.5) is 0 Å². The van der Waals surface area contributed by atoms with E-state index in [0.29, 0.717) is 12.2 Å². The second kappa shape index (κ2) is 5.07. The van der Waals surface area contributed by atoms with Crippen LogP contribution >= 0.6 is 15.9 Å². The molecule has 0 aromatic carbocycles. The molecule has 4 nitrogen and oxygen atoms in total. The van der Waals surface area contributed by atoms with Crippen LogP contribution in [-0.4, -0.2) is 25.1 Å². The molecule has 76 valence electrons. The Morgan fingerprint density at radius 3 is 3.00 bits per heavy atom. The summed E-state index contributed by atoms with van der Waals surface area (Å²) in [6.45, 7) is 0.674. The van der Waals surface area contributed by atoms with E-state index in [1.54, 1.807) is 12.3 Å². The average Bonchev–Trinajstić information content (AvgIpc) is 2.20. The molecule has 0 saturated heterocycles. The van der Waals surface area contributed by atoms with Gasteiger partial charge in [-0.05, 0) is 34.6 Å². The number of methoxy groups -OCH3 is 1. The number of carbonyl (C=O) groups excluding carboxylic acids is 1. The lowest BCUT2D eigenvalue weighted by atomic mass is 10.2. The van der Waals surface area contributed by atoms with Crippen molar-refractivity contribution in [3.05, 3.63) is 28.0 Å². The predicted octanol–water partition coefficient (Wildman–Crippen LogP) is 1.35. The zero-order valence-corrected chi connectivity index (χ0v) is 9.59. The van der Waals surface area contributed by atoms with Gasteiger partial charge < -0.3 is 10.1 Å². The number of ether oxygens (including phenoxy) is 1. The lowest BCUT2D eigenvalue weighted by molar-refractivity contribution is 0.0594. The summed E-state index contributed by atoms with van der Waals surface area (Å²) in [4.78, 5) is 15.1. The highest BCUT2D eigenvalue weighted by Gasteiger charge is 2.09. The van der Waals surface area contributed by atoms with Gasteiger partial charge in [-0.25, -0.2) is 9.78 Å². The zero-order chi connectivity index (χ0) is 10.6.